The number of hydrogen-bond donors (Lipinski definition) is 1. The van der Waals surface area contributed by atoms with Gasteiger partial charge in [-0.15, -0.1) is 11.3 Å². The van der Waals surface area contributed by atoms with Crippen molar-refractivity contribution >= 4 is 57.2 Å². The normalized spacial score (nSPS) is 11.4. The van der Waals surface area contributed by atoms with E-state index in [1.165, 1.54) is 41.5 Å². The third-order valence-electron chi connectivity index (χ3n) is 3.36. The Morgan fingerprint density at radius 2 is 2.04 bits per heavy atom. The summed E-state index contributed by atoms with van der Waals surface area (Å²) in [5.41, 5.74) is 3.81. The first-order valence-corrected chi connectivity index (χ1v) is 9.64. The Kier molecular flexibility index (Phi) is 6.29. The van der Waals surface area contributed by atoms with E-state index in [4.69, 9.17) is 0 Å². The molecule has 1 aromatic heterocycles. The van der Waals surface area contributed by atoms with Crippen LogP contribution in [0.4, 0.5) is 5.69 Å². The SMILES string of the molecule is O=C(CSc1nc2ccccc2s1)N/N=C\C=C\c1ccccc1[N+](=O)[O-]. The fourth-order valence-corrected chi connectivity index (χ4v) is 4.03. The number of nitro groups is 1. The molecule has 3 rings (SSSR count). The van der Waals surface area contributed by atoms with Gasteiger partial charge in [-0.05, 0) is 30.4 Å². The summed E-state index contributed by atoms with van der Waals surface area (Å²) in [4.78, 5) is 26.7. The molecule has 0 saturated carbocycles. The van der Waals surface area contributed by atoms with Crippen LogP contribution in [0, 0.1) is 10.1 Å². The molecular weight excluding hydrogens is 384 g/mol. The highest BCUT2D eigenvalue weighted by molar-refractivity contribution is 8.01. The molecule has 1 heterocycles. The van der Waals surface area contributed by atoms with E-state index in [1.807, 2.05) is 24.3 Å². The molecule has 3 aromatic rings. The number of rotatable bonds is 7. The maximum Gasteiger partial charge on any atom is 0.276 e. The molecule has 9 heteroatoms. The number of nitrogens with zero attached hydrogens (tertiary/aromatic N) is 3. The minimum Gasteiger partial charge on any atom is -0.272 e. The molecule has 0 saturated heterocycles. The van der Waals surface area contributed by atoms with Crippen molar-refractivity contribution in [1.29, 1.82) is 0 Å². The molecule has 0 aliphatic carbocycles. The molecule has 0 atom stereocenters. The van der Waals surface area contributed by atoms with Gasteiger partial charge in [0.05, 0.1) is 26.5 Å². The first-order valence-electron chi connectivity index (χ1n) is 7.84. The zero-order valence-corrected chi connectivity index (χ0v) is 15.6. The molecule has 7 nitrogen and oxygen atoms in total. The molecule has 136 valence electrons. The number of hydrazone groups is 1. The molecule has 0 bridgehead atoms. The minimum atomic E-state index is -0.447. The zero-order valence-electron chi connectivity index (χ0n) is 13.9. The Balaban J connectivity index is 1.48. The summed E-state index contributed by atoms with van der Waals surface area (Å²) in [6.07, 6.45) is 4.46. The number of carbonyl (C=O) groups excluding carboxylic acids is 1. The Hall–Kier alpha value is -3.04. The molecule has 1 amide bonds. The highest BCUT2D eigenvalue weighted by Crippen LogP contribution is 2.29. The molecule has 0 aliphatic heterocycles. The number of nitrogens with one attached hydrogen (secondary N) is 1. The van der Waals surface area contributed by atoms with E-state index in [0.717, 1.165) is 14.6 Å². The van der Waals surface area contributed by atoms with Crippen molar-refractivity contribution in [1.82, 2.24) is 10.4 Å². The second-order valence-electron chi connectivity index (χ2n) is 5.22. The second-order valence-corrected chi connectivity index (χ2v) is 7.48. The van der Waals surface area contributed by atoms with E-state index < -0.39 is 4.92 Å². The summed E-state index contributed by atoms with van der Waals surface area (Å²) >= 11 is 2.89. The van der Waals surface area contributed by atoms with E-state index in [9.17, 15) is 14.9 Å². The van der Waals surface area contributed by atoms with E-state index in [0.29, 0.717) is 5.56 Å². The van der Waals surface area contributed by atoms with Gasteiger partial charge in [0.1, 0.15) is 0 Å². The van der Waals surface area contributed by atoms with Gasteiger partial charge < -0.3 is 0 Å². The average molecular weight is 398 g/mol. The van der Waals surface area contributed by atoms with Crippen molar-refractivity contribution in [3.8, 4) is 0 Å². The van der Waals surface area contributed by atoms with Crippen molar-refractivity contribution < 1.29 is 9.72 Å². The average Bonchev–Trinajstić information content (AvgIpc) is 3.09. The maximum absolute atomic E-state index is 11.8. The number of carbonyl (C=O) groups is 1. The monoisotopic (exact) mass is 398 g/mol. The topological polar surface area (TPSA) is 97.5 Å². The lowest BCUT2D eigenvalue weighted by atomic mass is 10.2. The number of para-hydroxylation sites is 2. The van der Waals surface area contributed by atoms with Crippen LogP contribution < -0.4 is 5.43 Å². The van der Waals surface area contributed by atoms with Gasteiger partial charge >= 0.3 is 0 Å². The van der Waals surface area contributed by atoms with E-state index >= 15 is 0 Å². The lowest BCUT2D eigenvalue weighted by Crippen LogP contribution is -2.19. The highest BCUT2D eigenvalue weighted by atomic mass is 32.2. The highest BCUT2D eigenvalue weighted by Gasteiger charge is 2.09. The Morgan fingerprint density at radius 3 is 2.85 bits per heavy atom. The summed E-state index contributed by atoms with van der Waals surface area (Å²) in [6, 6.07) is 14.2. The van der Waals surface area contributed by atoms with Crippen molar-refractivity contribution in [3.63, 3.8) is 0 Å². The molecule has 0 unspecified atom stereocenters. The zero-order chi connectivity index (χ0) is 19.1. The van der Waals surface area contributed by atoms with Gasteiger partial charge in [0.2, 0.25) is 0 Å². The number of thioether (sulfide) groups is 1. The summed E-state index contributed by atoms with van der Waals surface area (Å²) in [5.74, 6) is -0.0556. The molecular formula is C18H14N4O3S2. The summed E-state index contributed by atoms with van der Waals surface area (Å²) in [7, 11) is 0. The molecule has 2 aromatic carbocycles. The number of fused-ring (bicyclic) bond motifs is 1. The van der Waals surface area contributed by atoms with Crippen molar-refractivity contribution in [3.05, 3.63) is 70.3 Å². The molecule has 0 fully saturated rings. The van der Waals surface area contributed by atoms with Crippen LogP contribution in [0.3, 0.4) is 0 Å². The minimum absolute atomic E-state index is 0.0124. The third kappa shape index (κ3) is 5.22. The predicted octanol–water partition coefficient (Wildman–Crippen LogP) is 4.11. The molecule has 1 N–H and O–H groups in total. The van der Waals surface area contributed by atoms with Crippen LogP contribution >= 0.6 is 23.1 Å². The van der Waals surface area contributed by atoms with Crippen LogP contribution in [0.15, 0.2) is 64.0 Å². The predicted molar refractivity (Wildman–Crippen MR) is 109 cm³/mol. The van der Waals surface area contributed by atoms with Crippen LogP contribution in [-0.2, 0) is 4.79 Å². The van der Waals surface area contributed by atoms with Crippen molar-refractivity contribution in [2.75, 3.05) is 5.75 Å². The molecule has 0 aliphatic rings. The van der Waals surface area contributed by atoms with Gasteiger partial charge in [-0.2, -0.15) is 5.10 Å². The first-order chi connectivity index (χ1) is 13.1. The Bertz CT molecular complexity index is 997. The standard InChI is InChI=1S/C18H14N4O3S2/c23-17(12-26-18-20-14-8-2-4-10-16(14)27-18)21-19-11-5-7-13-6-1-3-9-15(13)22(24)25/h1-11H,12H2,(H,21,23)/b7-5+,19-11-. The van der Waals surface area contributed by atoms with E-state index in [-0.39, 0.29) is 17.3 Å². The largest absolute Gasteiger partial charge is 0.276 e. The lowest BCUT2D eigenvalue weighted by Gasteiger charge is -1.97. The number of thiazole rings is 1. The van der Waals surface area contributed by atoms with Crippen LogP contribution in [0.25, 0.3) is 16.3 Å². The quantitative estimate of drug-likeness (QED) is 0.279. The summed E-state index contributed by atoms with van der Waals surface area (Å²) in [6.45, 7) is 0. The van der Waals surface area contributed by atoms with Gasteiger partial charge in [-0.1, -0.05) is 36.0 Å². The molecule has 0 spiro atoms. The number of hydrogen-bond acceptors (Lipinski definition) is 7. The van der Waals surface area contributed by atoms with Crippen LogP contribution in [-0.4, -0.2) is 27.8 Å². The van der Waals surface area contributed by atoms with Crippen LogP contribution in [0.2, 0.25) is 0 Å². The smallest absolute Gasteiger partial charge is 0.272 e. The first kappa shape index (κ1) is 18.7. The molecule has 27 heavy (non-hydrogen) atoms. The van der Waals surface area contributed by atoms with Gasteiger partial charge in [-0.3, -0.25) is 14.9 Å². The number of nitro benzene ring substituents is 1. The van der Waals surface area contributed by atoms with Crippen LogP contribution in [0.5, 0.6) is 0 Å². The fraction of sp³-hybridized carbons (Fsp3) is 0.0556. The van der Waals surface area contributed by atoms with Crippen LogP contribution in [0.1, 0.15) is 5.56 Å². The van der Waals surface area contributed by atoms with Gasteiger partial charge in [-0.25, -0.2) is 10.4 Å². The number of allylic oxidation sites excluding steroid dienone is 1. The third-order valence-corrected chi connectivity index (χ3v) is 5.54. The Morgan fingerprint density at radius 1 is 1.26 bits per heavy atom. The summed E-state index contributed by atoms with van der Waals surface area (Å²) in [5, 5.41) is 14.7. The number of amides is 1. The Labute approximate surface area is 163 Å². The van der Waals surface area contributed by atoms with E-state index in [1.54, 1.807) is 24.3 Å². The van der Waals surface area contributed by atoms with Crippen molar-refractivity contribution in [2.24, 2.45) is 5.10 Å². The van der Waals surface area contributed by atoms with E-state index in [2.05, 4.69) is 15.5 Å². The number of aromatic nitrogens is 1. The summed E-state index contributed by atoms with van der Waals surface area (Å²) < 4.78 is 1.91. The van der Waals surface area contributed by atoms with Crippen molar-refractivity contribution in [2.45, 2.75) is 4.34 Å². The van der Waals surface area contributed by atoms with Gasteiger partial charge in [0.25, 0.3) is 11.6 Å². The maximum atomic E-state index is 11.8. The fourth-order valence-electron chi connectivity index (χ4n) is 2.17. The molecule has 0 radical (unpaired) electrons. The van der Waals surface area contributed by atoms with Gasteiger partial charge in [0, 0.05) is 12.3 Å². The number of benzene rings is 2. The second kappa shape index (κ2) is 9.06. The lowest BCUT2D eigenvalue weighted by molar-refractivity contribution is -0.385. The van der Waals surface area contributed by atoms with Gasteiger partial charge in [0.15, 0.2) is 4.34 Å².